The Labute approximate surface area is 160 Å². The molecule has 1 amide bonds. The Balaban J connectivity index is 1.50. The quantitative estimate of drug-likeness (QED) is 0.720. The van der Waals surface area contributed by atoms with Crippen LogP contribution in [0.15, 0.2) is 28.8 Å². The largest absolute Gasteiger partial charge is 0.488 e. The second-order valence-corrected chi connectivity index (χ2v) is 7.10. The maximum Gasteiger partial charge on any atom is 0.255 e. The van der Waals surface area contributed by atoms with Crippen LogP contribution in [0.2, 0.25) is 0 Å². The van der Waals surface area contributed by atoms with Crippen LogP contribution in [-0.4, -0.2) is 42.1 Å². The molecule has 6 nitrogen and oxygen atoms in total. The van der Waals surface area contributed by atoms with Crippen molar-refractivity contribution in [2.24, 2.45) is 0 Å². The van der Waals surface area contributed by atoms with Crippen LogP contribution in [0.3, 0.4) is 0 Å². The highest BCUT2D eigenvalue weighted by molar-refractivity contribution is 5.96. The Hall–Kier alpha value is -2.34. The lowest BCUT2D eigenvalue weighted by Gasteiger charge is -2.26. The van der Waals surface area contributed by atoms with Gasteiger partial charge in [0.2, 0.25) is 0 Å². The first-order valence-electron chi connectivity index (χ1n) is 9.79. The fourth-order valence-electron chi connectivity index (χ4n) is 3.42. The van der Waals surface area contributed by atoms with Crippen molar-refractivity contribution in [3.63, 3.8) is 0 Å². The van der Waals surface area contributed by atoms with E-state index in [9.17, 15) is 4.79 Å². The first-order valence-corrected chi connectivity index (χ1v) is 9.79. The molecule has 0 saturated carbocycles. The fraction of sp³-hybridized carbons (Fsp3) is 0.524. The zero-order valence-corrected chi connectivity index (χ0v) is 16.3. The van der Waals surface area contributed by atoms with E-state index in [-0.39, 0.29) is 5.91 Å². The number of carbonyl (C=O) groups excluding carboxylic acids is 1. The summed E-state index contributed by atoms with van der Waals surface area (Å²) < 4.78 is 11.1. The van der Waals surface area contributed by atoms with E-state index in [1.807, 2.05) is 32.0 Å². The number of hydrogen-bond donors (Lipinski definition) is 1. The number of aryl methyl sites for hydroxylation is 2. The Bertz CT molecular complexity index is 731. The van der Waals surface area contributed by atoms with Crippen LogP contribution in [0.25, 0.3) is 0 Å². The van der Waals surface area contributed by atoms with Crippen molar-refractivity contribution in [2.45, 2.75) is 46.1 Å². The second-order valence-electron chi connectivity index (χ2n) is 7.10. The van der Waals surface area contributed by atoms with Crippen LogP contribution in [0.4, 0.5) is 0 Å². The topological polar surface area (TPSA) is 67.6 Å². The van der Waals surface area contributed by atoms with Crippen LogP contribution in [0, 0.1) is 13.8 Å². The molecule has 1 N–H and O–H groups in total. The number of likely N-dealkylation sites (tertiary alicyclic amines) is 1. The molecule has 6 heteroatoms. The summed E-state index contributed by atoms with van der Waals surface area (Å²) in [5.74, 6) is 1.22. The number of nitrogens with one attached hydrogen (secondary N) is 1. The summed E-state index contributed by atoms with van der Waals surface area (Å²) in [7, 11) is 0. The van der Waals surface area contributed by atoms with Crippen LogP contribution in [0.1, 0.15) is 53.1 Å². The minimum absolute atomic E-state index is 0.0944. The van der Waals surface area contributed by atoms with Gasteiger partial charge in [0, 0.05) is 6.54 Å². The number of piperidine rings is 1. The van der Waals surface area contributed by atoms with Crippen molar-refractivity contribution in [1.29, 1.82) is 0 Å². The van der Waals surface area contributed by atoms with Crippen molar-refractivity contribution in [3.05, 3.63) is 46.8 Å². The number of rotatable bonds is 8. The van der Waals surface area contributed by atoms with Gasteiger partial charge in [-0.3, -0.25) is 4.79 Å². The lowest BCUT2D eigenvalue weighted by molar-refractivity contribution is 0.0946. The van der Waals surface area contributed by atoms with Crippen molar-refractivity contribution in [2.75, 3.05) is 26.2 Å². The maximum absolute atomic E-state index is 12.6. The molecule has 1 aromatic carbocycles. The summed E-state index contributed by atoms with van der Waals surface area (Å²) in [6.07, 6.45) is 4.90. The molecule has 0 bridgehead atoms. The second kappa shape index (κ2) is 9.55. The molecular weight excluding hydrogens is 342 g/mol. The summed E-state index contributed by atoms with van der Waals surface area (Å²) >= 11 is 0. The Morgan fingerprint density at radius 1 is 1.22 bits per heavy atom. The number of para-hydroxylation sites is 1. The van der Waals surface area contributed by atoms with Crippen LogP contribution < -0.4 is 10.1 Å². The summed E-state index contributed by atoms with van der Waals surface area (Å²) in [5.41, 5.74) is 2.29. The van der Waals surface area contributed by atoms with E-state index in [4.69, 9.17) is 9.26 Å². The third-order valence-corrected chi connectivity index (χ3v) is 5.07. The first kappa shape index (κ1) is 19.4. The van der Waals surface area contributed by atoms with Crippen molar-refractivity contribution in [3.8, 4) is 5.75 Å². The number of hydrogen-bond acceptors (Lipinski definition) is 5. The molecule has 1 aromatic heterocycles. The van der Waals surface area contributed by atoms with Gasteiger partial charge >= 0.3 is 0 Å². The molecule has 3 rings (SSSR count). The summed E-state index contributed by atoms with van der Waals surface area (Å²) in [6.45, 7) is 8.17. The summed E-state index contributed by atoms with van der Waals surface area (Å²) in [6, 6.07) is 7.34. The van der Waals surface area contributed by atoms with Crippen molar-refractivity contribution < 1.29 is 14.1 Å². The molecule has 0 radical (unpaired) electrons. The SMILES string of the molecule is Cc1noc(C)c1COc1ccccc1C(=O)NCCCN1CCCCC1. The Kier molecular flexibility index (Phi) is 6.87. The molecule has 0 spiro atoms. The van der Waals surface area contributed by atoms with Crippen LogP contribution in [-0.2, 0) is 6.61 Å². The van der Waals surface area contributed by atoms with E-state index in [1.54, 1.807) is 6.07 Å². The average molecular weight is 371 g/mol. The highest BCUT2D eigenvalue weighted by Gasteiger charge is 2.15. The van der Waals surface area contributed by atoms with Crippen molar-refractivity contribution >= 4 is 5.91 Å². The van der Waals surface area contributed by atoms with E-state index in [2.05, 4.69) is 15.4 Å². The predicted molar refractivity (Wildman–Crippen MR) is 104 cm³/mol. The van der Waals surface area contributed by atoms with Gasteiger partial charge < -0.3 is 19.5 Å². The van der Waals surface area contributed by atoms with Crippen LogP contribution in [0.5, 0.6) is 5.75 Å². The number of benzene rings is 1. The zero-order valence-electron chi connectivity index (χ0n) is 16.3. The average Bonchev–Trinajstić information content (AvgIpc) is 3.02. The van der Waals surface area contributed by atoms with Gasteiger partial charge in [0.05, 0.1) is 16.8 Å². The van der Waals surface area contributed by atoms with Gasteiger partial charge in [-0.05, 0) is 64.9 Å². The third-order valence-electron chi connectivity index (χ3n) is 5.07. The molecule has 2 aromatic rings. The summed E-state index contributed by atoms with van der Waals surface area (Å²) in [4.78, 5) is 15.1. The number of nitrogens with zero attached hydrogens (tertiary/aromatic N) is 2. The number of amides is 1. The van der Waals surface area contributed by atoms with E-state index in [0.717, 1.165) is 30.0 Å². The molecule has 146 valence electrons. The van der Waals surface area contributed by atoms with Gasteiger partial charge in [-0.1, -0.05) is 23.7 Å². The third kappa shape index (κ3) is 5.32. The van der Waals surface area contributed by atoms with Crippen molar-refractivity contribution in [1.82, 2.24) is 15.4 Å². The van der Waals surface area contributed by atoms with E-state index < -0.39 is 0 Å². The smallest absolute Gasteiger partial charge is 0.255 e. The number of carbonyl (C=O) groups is 1. The normalized spacial score (nSPS) is 14.9. The van der Waals surface area contributed by atoms with Gasteiger partial charge in [0.25, 0.3) is 5.91 Å². The highest BCUT2D eigenvalue weighted by Crippen LogP contribution is 2.21. The van der Waals surface area contributed by atoms with Gasteiger partial charge in [0.15, 0.2) is 0 Å². The number of ether oxygens (including phenoxy) is 1. The lowest BCUT2D eigenvalue weighted by atomic mass is 10.1. The zero-order chi connectivity index (χ0) is 19.1. The van der Waals surface area contributed by atoms with Gasteiger partial charge in [-0.25, -0.2) is 0 Å². The molecule has 0 atom stereocenters. The molecule has 1 aliphatic heterocycles. The van der Waals surface area contributed by atoms with E-state index >= 15 is 0 Å². The Morgan fingerprint density at radius 2 is 2.00 bits per heavy atom. The lowest BCUT2D eigenvalue weighted by Crippen LogP contribution is -2.33. The minimum atomic E-state index is -0.0944. The summed E-state index contributed by atoms with van der Waals surface area (Å²) in [5, 5.41) is 6.95. The minimum Gasteiger partial charge on any atom is -0.488 e. The van der Waals surface area contributed by atoms with E-state index in [1.165, 1.54) is 32.4 Å². The fourth-order valence-corrected chi connectivity index (χ4v) is 3.42. The molecular formula is C21H29N3O3. The molecule has 1 aliphatic rings. The van der Waals surface area contributed by atoms with Gasteiger partial charge in [0.1, 0.15) is 18.1 Å². The predicted octanol–water partition coefficient (Wildman–Crippen LogP) is 3.48. The Morgan fingerprint density at radius 3 is 2.74 bits per heavy atom. The first-order chi connectivity index (χ1) is 13.1. The maximum atomic E-state index is 12.6. The molecule has 0 aliphatic carbocycles. The molecule has 27 heavy (non-hydrogen) atoms. The molecule has 0 unspecified atom stereocenters. The molecule has 2 heterocycles. The standard InChI is InChI=1S/C21H29N3O3/c1-16-19(17(2)27-23-16)15-26-20-10-5-4-9-18(20)21(25)22-11-8-14-24-12-6-3-7-13-24/h4-5,9-10H,3,6-8,11-15H2,1-2H3,(H,22,25). The van der Waals surface area contributed by atoms with Crippen LogP contribution >= 0.6 is 0 Å². The highest BCUT2D eigenvalue weighted by atomic mass is 16.5. The monoisotopic (exact) mass is 371 g/mol. The molecule has 1 saturated heterocycles. The van der Waals surface area contributed by atoms with Gasteiger partial charge in [-0.15, -0.1) is 0 Å². The number of aromatic nitrogens is 1. The van der Waals surface area contributed by atoms with E-state index in [0.29, 0.717) is 24.5 Å². The van der Waals surface area contributed by atoms with Gasteiger partial charge in [-0.2, -0.15) is 0 Å². The molecule has 1 fully saturated rings.